The molecule has 0 saturated carbocycles. The van der Waals surface area contributed by atoms with E-state index in [0.29, 0.717) is 26.1 Å². The minimum Gasteiger partial charge on any atom is -0.465 e. The summed E-state index contributed by atoms with van der Waals surface area (Å²) >= 11 is 0. The number of cyclic esters (lactones) is 2. The summed E-state index contributed by atoms with van der Waals surface area (Å²) in [6.07, 6.45) is 1.37. The number of carbonyl (C=O) groups is 2. The lowest BCUT2D eigenvalue weighted by Crippen LogP contribution is -2.35. The Kier molecular flexibility index (Phi) is 4.70. The minimum atomic E-state index is -0.824. The second kappa shape index (κ2) is 5.67. The molecule has 2 saturated heterocycles. The van der Waals surface area contributed by atoms with E-state index in [1.807, 2.05) is 0 Å². The van der Waals surface area contributed by atoms with Gasteiger partial charge in [0.1, 0.15) is 0 Å². The number of aliphatic hydroxyl groups is 2. The zero-order valence-electron chi connectivity index (χ0n) is 10.8. The summed E-state index contributed by atoms with van der Waals surface area (Å²) in [6, 6.07) is 0. The third-order valence-electron chi connectivity index (χ3n) is 2.86. The Balaban J connectivity index is 0.000000180. The summed E-state index contributed by atoms with van der Waals surface area (Å²) < 4.78 is 9.23. The van der Waals surface area contributed by atoms with Gasteiger partial charge in [0, 0.05) is 12.8 Å². The van der Waals surface area contributed by atoms with Gasteiger partial charge in [-0.1, -0.05) is 0 Å². The van der Waals surface area contributed by atoms with Crippen molar-refractivity contribution in [2.75, 3.05) is 13.2 Å². The Morgan fingerprint density at radius 1 is 0.889 bits per heavy atom. The molecule has 6 nitrogen and oxygen atoms in total. The molecule has 0 spiro atoms. The van der Waals surface area contributed by atoms with Crippen molar-refractivity contribution in [3.8, 4) is 0 Å². The fourth-order valence-electron chi connectivity index (χ4n) is 1.67. The molecule has 0 radical (unpaired) electrons. The molecule has 0 aliphatic carbocycles. The number of carbonyl (C=O) groups excluding carboxylic acids is 2. The molecule has 2 unspecified atom stereocenters. The molecular formula is C12H20O6. The highest BCUT2D eigenvalue weighted by Crippen LogP contribution is 2.20. The average Bonchev–Trinajstić information content (AvgIpc) is 2.13. The molecule has 2 N–H and O–H groups in total. The second-order valence-electron chi connectivity index (χ2n) is 5.29. The summed E-state index contributed by atoms with van der Waals surface area (Å²) in [7, 11) is 0. The van der Waals surface area contributed by atoms with Crippen molar-refractivity contribution in [3.05, 3.63) is 0 Å². The van der Waals surface area contributed by atoms with Crippen molar-refractivity contribution in [2.45, 2.75) is 50.7 Å². The summed E-state index contributed by atoms with van der Waals surface area (Å²) in [5, 5.41) is 18.5. The quantitative estimate of drug-likeness (QED) is 0.602. The molecule has 2 fully saturated rings. The smallest absolute Gasteiger partial charge is 0.308 e. The first-order chi connectivity index (χ1) is 8.20. The van der Waals surface area contributed by atoms with Crippen LogP contribution in [0.1, 0.15) is 39.5 Å². The summed E-state index contributed by atoms with van der Waals surface area (Å²) in [4.78, 5) is 21.0. The summed E-state index contributed by atoms with van der Waals surface area (Å²) in [5.74, 6) is -0.600. The van der Waals surface area contributed by atoms with Crippen molar-refractivity contribution < 1.29 is 29.3 Å². The molecule has 104 valence electrons. The summed E-state index contributed by atoms with van der Waals surface area (Å²) in [5.41, 5.74) is -1.65. The molecule has 0 bridgehead atoms. The topological polar surface area (TPSA) is 93.1 Å². The standard InChI is InChI=1S/2C6H10O3/c2*1-6(8)2-3-9-5(7)4-6/h2*8H,2-4H2,1H3. The Labute approximate surface area is 106 Å². The van der Waals surface area contributed by atoms with Gasteiger partial charge in [-0.05, 0) is 13.8 Å². The van der Waals surface area contributed by atoms with Crippen molar-refractivity contribution in [2.24, 2.45) is 0 Å². The van der Waals surface area contributed by atoms with Crippen LogP contribution in [0.4, 0.5) is 0 Å². The molecule has 0 aromatic carbocycles. The van der Waals surface area contributed by atoms with Gasteiger partial charge in [-0.2, -0.15) is 0 Å². The lowest BCUT2D eigenvalue weighted by Gasteiger charge is -2.26. The Morgan fingerprint density at radius 3 is 1.39 bits per heavy atom. The molecule has 2 atom stereocenters. The molecule has 2 rings (SSSR count). The van der Waals surface area contributed by atoms with Crippen LogP contribution < -0.4 is 0 Å². The van der Waals surface area contributed by atoms with Gasteiger partial charge in [-0.15, -0.1) is 0 Å². The maximum atomic E-state index is 10.5. The highest BCUT2D eigenvalue weighted by Gasteiger charge is 2.30. The molecule has 0 aromatic rings. The van der Waals surface area contributed by atoms with Gasteiger partial charge in [-0.3, -0.25) is 9.59 Å². The van der Waals surface area contributed by atoms with Crippen LogP contribution in [0.3, 0.4) is 0 Å². The first kappa shape index (κ1) is 14.9. The van der Waals surface area contributed by atoms with Gasteiger partial charge < -0.3 is 19.7 Å². The molecule has 18 heavy (non-hydrogen) atoms. The van der Waals surface area contributed by atoms with E-state index in [2.05, 4.69) is 9.47 Å². The van der Waals surface area contributed by atoms with Gasteiger partial charge >= 0.3 is 11.9 Å². The van der Waals surface area contributed by atoms with E-state index in [4.69, 9.17) is 0 Å². The van der Waals surface area contributed by atoms with E-state index in [-0.39, 0.29) is 24.8 Å². The van der Waals surface area contributed by atoms with Gasteiger partial charge in [0.15, 0.2) is 0 Å². The third kappa shape index (κ3) is 5.46. The van der Waals surface area contributed by atoms with E-state index >= 15 is 0 Å². The van der Waals surface area contributed by atoms with Crippen molar-refractivity contribution in [1.82, 2.24) is 0 Å². The number of rotatable bonds is 0. The Bertz CT molecular complexity index is 289. The van der Waals surface area contributed by atoms with Gasteiger partial charge in [0.05, 0.1) is 37.3 Å². The van der Waals surface area contributed by atoms with Gasteiger partial charge in [0.25, 0.3) is 0 Å². The predicted molar refractivity (Wildman–Crippen MR) is 61.6 cm³/mol. The van der Waals surface area contributed by atoms with Crippen LogP contribution in [0.15, 0.2) is 0 Å². The van der Waals surface area contributed by atoms with Gasteiger partial charge in [0.2, 0.25) is 0 Å². The maximum absolute atomic E-state index is 10.5. The van der Waals surface area contributed by atoms with E-state index in [9.17, 15) is 19.8 Å². The van der Waals surface area contributed by atoms with E-state index in [1.54, 1.807) is 13.8 Å². The van der Waals surface area contributed by atoms with E-state index < -0.39 is 11.2 Å². The normalized spacial score (nSPS) is 36.0. The highest BCUT2D eigenvalue weighted by molar-refractivity contribution is 5.71. The zero-order valence-corrected chi connectivity index (χ0v) is 10.8. The molecular weight excluding hydrogens is 240 g/mol. The second-order valence-corrected chi connectivity index (χ2v) is 5.29. The molecule has 0 aromatic heterocycles. The van der Waals surface area contributed by atoms with E-state index in [0.717, 1.165) is 0 Å². The van der Waals surface area contributed by atoms with Crippen molar-refractivity contribution in [3.63, 3.8) is 0 Å². The zero-order chi connectivity index (χ0) is 13.8. The fourth-order valence-corrected chi connectivity index (χ4v) is 1.67. The predicted octanol–water partition coefficient (Wildman–Crippen LogP) is 0.149. The number of ether oxygens (including phenoxy) is 2. The number of hydrogen-bond donors (Lipinski definition) is 2. The molecule has 2 aliphatic rings. The van der Waals surface area contributed by atoms with Crippen LogP contribution in [0.5, 0.6) is 0 Å². The third-order valence-corrected chi connectivity index (χ3v) is 2.86. The van der Waals surface area contributed by atoms with Crippen LogP contribution in [0.25, 0.3) is 0 Å². The Hall–Kier alpha value is -1.14. The van der Waals surface area contributed by atoms with Crippen LogP contribution >= 0.6 is 0 Å². The largest absolute Gasteiger partial charge is 0.465 e. The average molecular weight is 260 g/mol. The van der Waals surface area contributed by atoms with Gasteiger partial charge in [-0.25, -0.2) is 0 Å². The lowest BCUT2D eigenvalue weighted by atomic mass is 9.97. The molecule has 2 heterocycles. The molecule has 0 amide bonds. The first-order valence-corrected chi connectivity index (χ1v) is 5.96. The summed E-state index contributed by atoms with van der Waals surface area (Å²) in [6.45, 7) is 4.00. The van der Waals surface area contributed by atoms with Crippen molar-refractivity contribution >= 4 is 11.9 Å². The maximum Gasteiger partial charge on any atom is 0.308 e. The van der Waals surface area contributed by atoms with E-state index in [1.165, 1.54) is 0 Å². The first-order valence-electron chi connectivity index (χ1n) is 5.96. The Morgan fingerprint density at radius 2 is 1.22 bits per heavy atom. The van der Waals surface area contributed by atoms with Crippen LogP contribution in [-0.4, -0.2) is 46.6 Å². The van der Waals surface area contributed by atoms with Crippen LogP contribution in [0, 0.1) is 0 Å². The number of esters is 2. The number of hydrogen-bond acceptors (Lipinski definition) is 6. The van der Waals surface area contributed by atoms with Crippen LogP contribution in [-0.2, 0) is 19.1 Å². The highest BCUT2D eigenvalue weighted by atomic mass is 16.5. The minimum absolute atomic E-state index is 0.132. The lowest BCUT2D eigenvalue weighted by molar-refractivity contribution is -0.159. The molecule has 6 heteroatoms. The molecule has 2 aliphatic heterocycles. The monoisotopic (exact) mass is 260 g/mol. The van der Waals surface area contributed by atoms with Crippen molar-refractivity contribution in [1.29, 1.82) is 0 Å². The van der Waals surface area contributed by atoms with Crippen LogP contribution in [0.2, 0.25) is 0 Å². The SMILES string of the molecule is CC1(O)CCOC(=O)C1.CC1(O)CCOC(=O)C1. The fraction of sp³-hybridized carbons (Fsp3) is 0.833.